The van der Waals surface area contributed by atoms with E-state index in [1.165, 1.54) is 6.07 Å². The van der Waals surface area contributed by atoms with Gasteiger partial charge in [-0.1, -0.05) is 17.3 Å². The maximum Gasteiger partial charge on any atom is 0.155 e. The summed E-state index contributed by atoms with van der Waals surface area (Å²) in [4.78, 5) is 10.8. The highest BCUT2D eigenvalue weighted by Crippen LogP contribution is 2.30. The first-order valence-corrected chi connectivity index (χ1v) is 4.44. The zero-order chi connectivity index (χ0) is 10.8. The summed E-state index contributed by atoms with van der Waals surface area (Å²) in [5, 5.41) is 13.3. The van der Waals surface area contributed by atoms with E-state index in [1.54, 1.807) is 25.1 Å². The number of carbonyl (C=O) groups is 1. The highest BCUT2D eigenvalue weighted by atomic mass is 16.5. The van der Waals surface area contributed by atoms with Crippen LogP contribution in [0, 0.1) is 6.92 Å². The Kier molecular flexibility index (Phi) is 2.25. The molecular weight excluding hydrogens is 194 g/mol. The molecule has 1 N–H and O–H groups in total. The molecule has 0 fully saturated rings. The van der Waals surface area contributed by atoms with Gasteiger partial charge in [-0.25, -0.2) is 0 Å². The number of aromatic hydroxyl groups is 1. The lowest BCUT2D eigenvalue weighted by Crippen LogP contribution is -1.86. The fourth-order valence-electron chi connectivity index (χ4n) is 1.39. The maximum absolute atomic E-state index is 10.8. The van der Waals surface area contributed by atoms with Crippen LogP contribution in [0.1, 0.15) is 16.1 Å². The fourth-order valence-corrected chi connectivity index (χ4v) is 1.39. The van der Waals surface area contributed by atoms with Crippen LogP contribution in [0.15, 0.2) is 28.8 Å². The Bertz CT molecular complexity index is 502. The van der Waals surface area contributed by atoms with Crippen molar-refractivity contribution in [2.24, 2.45) is 0 Å². The Balaban J connectivity index is 2.64. The van der Waals surface area contributed by atoms with Gasteiger partial charge in [0.1, 0.15) is 17.2 Å². The number of phenols is 1. The Labute approximate surface area is 86.1 Å². The Morgan fingerprint density at radius 2 is 2.13 bits per heavy atom. The van der Waals surface area contributed by atoms with E-state index in [2.05, 4.69) is 5.16 Å². The van der Waals surface area contributed by atoms with Gasteiger partial charge in [0.2, 0.25) is 0 Å². The van der Waals surface area contributed by atoms with E-state index in [9.17, 15) is 9.90 Å². The van der Waals surface area contributed by atoms with Crippen molar-refractivity contribution in [3.63, 3.8) is 0 Å². The molecule has 0 saturated carbocycles. The summed E-state index contributed by atoms with van der Waals surface area (Å²) in [7, 11) is 0. The minimum absolute atomic E-state index is 0.0777. The predicted molar refractivity (Wildman–Crippen MR) is 53.7 cm³/mol. The van der Waals surface area contributed by atoms with E-state index in [4.69, 9.17) is 4.52 Å². The van der Waals surface area contributed by atoms with Crippen molar-refractivity contribution in [1.82, 2.24) is 5.16 Å². The summed E-state index contributed by atoms with van der Waals surface area (Å²) >= 11 is 0. The van der Waals surface area contributed by atoms with E-state index in [1.807, 2.05) is 0 Å². The van der Waals surface area contributed by atoms with Crippen LogP contribution in [0.5, 0.6) is 5.75 Å². The van der Waals surface area contributed by atoms with Crippen molar-refractivity contribution in [2.75, 3.05) is 0 Å². The zero-order valence-corrected chi connectivity index (χ0v) is 8.10. The molecule has 1 aromatic carbocycles. The van der Waals surface area contributed by atoms with Crippen LogP contribution in [0.3, 0.4) is 0 Å². The molecule has 0 atom stereocenters. The van der Waals surface area contributed by atoms with Gasteiger partial charge in [0.05, 0.1) is 5.56 Å². The quantitative estimate of drug-likeness (QED) is 0.759. The molecule has 1 heterocycles. The van der Waals surface area contributed by atoms with Gasteiger partial charge in [0, 0.05) is 5.56 Å². The largest absolute Gasteiger partial charge is 0.507 e. The number of aromatic nitrogens is 1. The minimum atomic E-state index is 0.0777. The number of aldehydes is 1. The van der Waals surface area contributed by atoms with Crippen molar-refractivity contribution in [3.05, 3.63) is 35.6 Å². The highest BCUT2D eigenvalue weighted by Gasteiger charge is 2.15. The number of carbonyl (C=O) groups excluding carboxylic acids is 1. The highest BCUT2D eigenvalue weighted by molar-refractivity contribution is 5.88. The molecule has 0 bridgehead atoms. The molecule has 1 aromatic heterocycles. The second kappa shape index (κ2) is 3.57. The Hall–Kier alpha value is -2.10. The molecule has 0 aliphatic rings. The van der Waals surface area contributed by atoms with Gasteiger partial charge in [0.25, 0.3) is 0 Å². The number of hydrogen-bond donors (Lipinski definition) is 1. The van der Waals surface area contributed by atoms with Crippen molar-refractivity contribution < 1.29 is 14.4 Å². The van der Waals surface area contributed by atoms with Crippen molar-refractivity contribution >= 4 is 6.29 Å². The summed E-state index contributed by atoms with van der Waals surface area (Å²) in [6, 6.07) is 6.67. The van der Waals surface area contributed by atoms with E-state index < -0.39 is 0 Å². The SMILES string of the molecule is Cc1onc(-c2ccccc2O)c1C=O. The standard InChI is InChI=1S/C11H9NO3/c1-7-9(6-13)11(12-15-7)8-4-2-3-5-10(8)14/h2-6,14H,1H3. The van der Waals surface area contributed by atoms with Gasteiger partial charge in [-0.05, 0) is 19.1 Å². The van der Waals surface area contributed by atoms with Gasteiger partial charge in [-0.2, -0.15) is 0 Å². The van der Waals surface area contributed by atoms with Gasteiger partial charge in [-0.3, -0.25) is 4.79 Å². The third kappa shape index (κ3) is 1.50. The molecular formula is C11H9NO3. The zero-order valence-electron chi connectivity index (χ0n) is 8.10. The second-order valence-electron chi connectivity index (χ2n) is 3.14. The Morgan fingerprint density at radius 3 is 2.80 bits per heavy atom. The molecule has 0 amide bonds. The second-order valence-corrected chi connectivity index (χ2v) is 3.14. The van der Waals surface area contributed by atoms with E-state index in [-0.39, 0.29) is 5.75 Å². The number of rotatable bonds is 2. The lowest BCUT2D eigenvalue weighted by atomic mass is 10.1. The van der Waals surface area contributed by atoms with E-state index in [0.29, 0.717) is 28.9 Å². The van der Waals surface area contributed by atoms with Crippen molar-refractivity contribution in [1.29, 1.82) is 0 Å². The average Bonchev–Trinajstić information content (AvgIpc) is 2.60. The summed E-state index contributed by atoms with van der Waals surface area (Å²) in [6.07, 6.45) is 0.674. The fraction of sp³-hybridized carbons (Fsp3) is 0.0909. The normalized spacial score (nSPS) is 10.2. The molecule has 0 spiro atoms. The topological polar surface area (TPSA) is 63.3 Å². The summed E-state index contributed by atoms with van der Waals surface area (Å²) in [5.41, 5.74) is 1.24. The van der Waals surface area contributed by atoms with Gasteiger partial charge < -0.3 is 9.63 Å². The average molecular weight is 203 g/mol. The van der Waals surface area contributed by atoms with E-state index in [0.717, 1.165) is 0 Å². The van der Waals surface area contributed by atoms with Gasteiger partial charge in [-0.15, -0.1) is 0 Å². The molecule has 4 nitrogen and oxygen atoms in total. The van der Waals surface area contributed by atoms with Crippen LogP contribution in [0.4, 0.5) is 0 Å². The molecule has 0 unspecified atom stereocenters. The molecule has 2 aromatic rings. The van der Waals surface area contributed by atoms with Crippen LogP contribution < -0.4 is 0 Å². The van der Waals surface area contributed by atoms with Crippen molar-refractivity contribution in [3.8, 4) is 17.0 Å². The number of para-hydroxylation sites is 1. The molecule has 15 heavy (non-hydrogen) atoms. The number of nitrogens with zero attached hydrogens (tertiary/aromatic N) is 1. The van der Waals surface area contributed by atoms with E-state index >= 15 is 0 Å². The lowest BCUT2D eigenvalue weighted by Gasteiger charge is -1.99. The smallest absolute Gasteiger partial charge is 0.155 e. The maximum atomic E-state index is 10.8. The van der Waals surface area contributed by atoms with Gasteiger partial charge in [0.15, 0.2) is 6.29 Å². The molecule has 0 aliphatic heterocycles. The summed E-state index contributed by atoms with van der Waals surface area (Å²) in [6.45, 7) is 1.65. The first kappa shape index (κ1) is 9.45. The molecule has 4 heteroatoms. The summed E-state index contributed by atoms with van der Waals surface area (Å²) < 4.78 is 4.90. The van der Waals surface area contributed by atoms with Crippen molar-refractivity contribution in [2.45, 2.75) is 6.92 Å². The number of phenolic OH excluding ortho intramolecular Hbond substituents is 1. The predicted octanol–water partition coefficient (Wildman–Crippen LogP) is 2.17. The molecule has 0 aliphatic carbocycles. The molecule has 0 saturated heterocycles. The monoisotopic (exact) mass is 203 g/mol. The number of benzene rings is 1. The molecule has 0 radical (unpaired) electrons. The molecule has 2 rings (SSSR count). The number of hydrogen-bond acceptors (Lipinski definition) is 4. The van der Waals surface area contributed by atoms with Gasteiger partial charge >= 0.3 is 0 Å². The first-order chi connectivity index (χ1) is 7.24. The third-order valence-electron chi connectivity index (χ3n) is 2.19. The van der Waals surface area contributed by atoms with Crippen LogP contribution in [-0.2, 0) is 0 Å². The molecule has 76 valence electrons. The number of aryl methyl sites for hydroxylation is 1. The van der Waals surface area contributed by atoms with Crippen LogP contribution >= 0.6 is 0 Å². The van der Waals surface area contributed by atoms with Crippen LogP contribution in [0.2, 0.25) is 0 Å². The minimum Gasteiger partial charge on any atom is -0.507 e. The van der Waals surface area contributed by atoms with Crippen LogP contribution in [0.25, 0.3) is 11.3 Å². The Morgan fingerprint density at radius 1 is 1.40 bits per heavy atom. The summed E-state index contributed by atoms with van der Waals surface area (Å²) in [5.74, 6) is 0.525. The van der Waals surface area contributed by atoms with Crippen LogP contribution in [-0.4, -0.2) is 16.5 Å². The first-order valence-electron chi connectivity index (χ1n) is 4.44. The third-order valence-corrected chi connectivity index (χ3v) is 2.19. The lowest BCUT2D eigenvalue weighted by molar-refractivity contribution is 0.112.